The molecule has 140 valence electrons. The number of halogens is 3. The highest BCUT2D eigenvalue weighted by atomic mass is 19.1. The zero-order valence-corrected chi connectivity index (χ0v) is 14.8. The van der Waals surface area contributed by atoms with E-state index in [9.17, 15) is 13.2 Å². The number of benzene rings is 1. The Morgan fingerprint density at radius 1 is 1.15 bits per heavy atom. The van der Waals surface area contributed by atoms with Crippen LogP contribution in [-0.4, -0.2) is 40.8 Å². The van der Waals surface area contributed by atoms with Crippen LogP contribution < -0.4 is 9.80 Å². The molecule has 0 amide bonds. The maximum absolute atomic E-state index is 14.2. The maximum atomic E-state index is 14.2. The lowest BCUT2D eigenvalue weighted by molar-refractivity contribution is 0.602. The molecule has 1 aromatic carbocycles. The summed E-state index contributed by atoms with van der Waals surface area (Å²) in [6.07, 6.45) is 1.74. The third-order valence-electron chi connectivity index (χ3n) is 4.54. The van der Waals surface area contributed by atoms with E-state index < -0.39 is 17.5 Å². The van der Waals surface area contributed by atoms with Crippen LogP contribution in [0, 0.1) is 17.5 Å². The summed E-state index contributed by atoms with van der Waals surface area (Å²) >= 11 is 0. The van der Waals surface area contributed by atoms with E-state index in [0.717, 1.165) is 35.7 Å². The number of fused-ring (bicyclic) bond motifs is 1. The van der Waals surface area contributed by atoms with E-state index in [1.807, 2.05) is 4.90 Å². The van der Waals surface area contributed by atoms with Gasteiger partial charge in [0.05, 0.1) is 6.20 Å². The number of nitrogens with zero attached hydrogens (tertiary/aromatic N) is 5. The molecule has 4 rings (SSSR count). The highest BCUT2D eigenvalue weighted by molar-refractivity contribution is 5.66. The van der Waals surface area contributed by atoms with Crippen LogP contribution in [0.15, 0.2) is 24.4 Å². The molecule has 6 nitrogen and oxygen atoms in total. The zero-order valence-electron chi connectivity index (χ0n) is 14.8. The summed E-state index contributed by atoms with van der Waals surface area (Å²) in [5, 5.41) is 7.10. The van der Waals surface area contributed by atoms with Crippen LogP contribution in [0.5, 0.6) is 0 Å². The van der Waals surface area contributed by atoms with Crippen molar-refractivity contribution in [2.24, 2.45) is 0 Å². The van der Waals surface area contributed by atoms with E-state index in [0.29, 0.717) is 31.2 Å². The van der Waals surface area contributed by atoms with E-state index in [-0.39, 0.29) is 11.4 Å². The van der Waals surface area contributed by atoms with Crippen LogP contribution in [0.3, 0.4) is 0 Å². The molecule has 0 saturated heterocycles. The number of hydrogen-bond acceptors (Lipinski definition) is 5. The van der Waals surface area contributed by atoms with Crippen molar-refractivity contribution in [3.8, 4) is 11.3 Å². The first-order valence-electron chi connectivity index (χ1n) is 8.40. The standard InChI is InChI=1S/C18H17F3N6/c1-26(2)17-14(21)8-22-18(23-17)27-6-5-15-12(9-27)16(25-24-15)11-7-10(19)3-4-13(11)20/h3-4,7-8H,5-6,9H2,1-2H3,(H,24,25). The van der Waals surface area contributed by atoms with Gasteiger partial charge in [0.2, 0.25) is 5.95 Å². The van der Waals surface area contributed by atoms with Crippen molar-refractivity contribution in [2.75, 3.05) is 30.4 Å². The quantitative estimate of drug-likeness (QED) is 0.764. The normalized spacial score (nSPS) is 13.6. The van der Waals surface area contributed by atoms with Gasteiger partial charge in [-0.25, -0.2) is 18.2 Å². The molecule has 0 bridgehead atoms. The Hall–Kier alpha value is -3.10. The molecular weight excluding hydrogens is 357 g/mol. The first kappa shape index (κ1) is 17.3. The van der Waals surface area contributed by atoms with Crippen molar-refractivity contribution in [3.05, 3.63) is 53.1 Å². The van der Waals surface area contributed by atoms with Crippen LogP contribution in [0.25, 0.3) is 11.3 Å². The van der Waals surface area contributed by atoms with Crippen molar-refractivity contribution in [1.29, 1.82) is 0 Å². The van der Waals surface area contributed by atoms with Gasteiger partial charge in [0.25, 0.3) is 0 Å². The highest BCUT2D eigenvalue weighted by Gasteiger charge is 2.26. The Bertz CT molecular complexity index is 1000. The van der Waals surface area contributed by atoms with Gasteiger partial charge >= 0.3 is 0 Å². The summed E-state index contributed by atoms with van der Waals surface area (Å²) in [4.78, 5) is 11.8. The predicted molar refractivity (Wildman–Crippen MR) is 95.0 cm³/mol. The van der Waals surface area contributed by atoms with Gasteiger partial charge < -0.3 is 9.80 Å². The summed E-state index contributed by atoms with van der Waals surface area (Å²) in [6.45, 7) is 0.953. The topological polar surface area (TPSA) is 60.9 Å². The maximum Gasteiger partial charge on any atom is 0.227 e. The summed E-state index contributed by atoms with van der Waals surface area (Å²) in [7, 11) is 3.40. The second-order valence-electron chi connectivity index (χ2n) is 6.56. The Morgan fingerprint density at radius 2 is 1.96 bits per heavy atom. The second kappa shape index (κ2) is 6.57. The number of H-pyrrole nitrogens is 1. The highest BCUT2D eigenvalue weighted by Crippen LogP contribution is 2.32. The first-order chi connectivity index (χ1) is 12.9. The van der Waals surface area contributed by atoms with E-state index in [4.69, 9.17) is 0 Å². The summed E-state index contributed by atoms with van der Waals surface area (Å²) in [5.41, 5.74) is 2.08. The van der Waals surface area contributed by atoms with Crippen molar-refractivity contribution in [2.45, 2.75) is 13.0 Å². The smallest absolute Gasteiger partial charge is 0.227 e. The number of aromatic nitrogens is 4. The molecule has 0 spiro atoms. The van der Waals surface area contributed by atoms with Crippen molar-refractivity contribution < 1.29 is 13.2 Å². The number of anilines is 2. The number of nitrogens with one attached hydrogen (secondary N) is 1. The van der Waals surface area contributed by atoms with Crippen molar-refractivity contribution >= 4 is 11.8 Å². The molecule has 1 aliphatic heterocycles. The fraction of sp³-hybridized carbons (Fsp3) is 0.278. The zero-order chi connectivity index (χ0) is 19.1. The predicted octanol–water partition coefficient (Wildman–Crippen LogP) is 2.91. The third-order valence-corrected chi connectivity index (χ3v) is 4.54. The fourth-order valence-corrected chi connectivity index (χ4v) is 3.18. The van der Waals surface area contributed by atoms with Gasteiger partial charge in [-0.3, -0.25) is 5.10 Å². The SMILES string of the molecule is CN(C)c1nc(N2CCc3[nH]nc(-c4cc(F)ccc4F)c3C2)ncc1F. The van der Waals surface area contributed by atoms with E-state index in [1.54, 1.807) is 19.0 Å². The van der Waals surface area contributed by atoms with Gasteiger partial charge in [-0.1, -0.05) is 0 Å². The summed E-state index contributed by atoms with van der Waals surface area (Å²) in [5.74, 6) is -1.02. The molecular formula is C18H17F3N6. The lowest BCUT2D eigenvalue weighted by atomic mass is 10.0. The molecule has 0 saturated carbocycles. The number of aromatic amines is 1. The molecule has 3 aromatic rings. The molecule has 3 heterocycles. The van der Waals surface area contributed by atoms with E-state index in [2.05, 4.69) is 20.2 Å². The molecule has 1 aliphatic rings. The van der Waals surface area contributed by atoms with Gasteiger partial charge in [-0.05, 0) is 18.2 Å². The summed E-state index contributed by atoms with van der Waals surface area (Å²) < 4.78 is 41.7. The lowest BCUT2D eigenvalue weighted by Gasteiger charge is -2.28. The van der Waals surface area contributed by atoms with Crippen LogP contribution in [0.4, 0.5) is 24.9 Å². The Balaban J connectivity index is 1.71. The molecule has 0 radical (unpaired) electrons. The lowest BCUT2D eigenvalue weighted by Crippen LogP contribution is -2.32. The van der Waals surface area contributed by atoms with E-state index >= 15 is 0 Å². The molecule has 0 atom stereocenters. The van der Waals surface area contributed by atoms with Crippen LogP contribution in [0.2, 0.25) is 0 Å². The van der Waals surface area contributed by atoms with Gasteiger partial charge in [0.15, 0.2) is 11.6 Å². The fourth-order valence-electron chi connectivity index (χ4n) is 3.18. The van der Waals surface area contributed by atoms with Crippen molar-refractivity contribution in [3.63, 3.8) is 0 Å². The van der Waals surface area contributed by atoms with Crippen LogP contribution in [-0.2, 0) is 13.0 Å². The van der Waals surface area contributed by atoms with Gasteiger partial charge in [-0.15, -0.1) is 0 Å². The van der Waals surface area contributed by atoms with Crippen molar-refractivity contribution in [1.82, 2.24) is 20.2 Å². The number of rotatable bonds is 3. The average Bonchev–Trinajstić information content (AvgIpc) is 3.07. The van der Waals surface area contributed by atoms with Gasteiger partial charge in [0.1, 0.15) is 17.3 Å². The molecule has 0 fully saturated rings. The molecule has 0 unspecified atom stereocenters. The van der Waals surface area contributed by atoms with Gasteiger partial charge in [0, 0.05) is 50.4 Å². The minimum atomic E-state index is -0.546. The monoisotopic (exact) mass is 374 g/mol. The van der Waals surface area contributed by atoms with Crippen LogP contribution in [0.1, 0.15) is 11.3 Å². The molecule has 9 heteroatoms. The molecule has 27 heavy (non-hydrogen) atoms. The Kier molecular flexibility index (Phi) is 4.21. The Morgan fingerprint density at radius 3 is 2.74 bits per heavy atom. The largest absolute Gasteiger partial charge is 0.360 e. The number of hydrogen-bond donors (Lipinski definition) is 1. The minimum Gasteiger partial charge on any atom is -0.360 e. The third kappa shape index (κ3) is 3.09. The molecule has 2 aromatic heterocycles. The average molecular weight is 374 g/mol. The Labute approximate surface area is 153 Å². The first-order valence-corrected chi connectivity index (χ1v) is 8.40. The minimum absolute atomic E-state index is 0.100. The second-order valence-corrected chi connectivity index (χ2v) is 6.56. The molecule has 1 N–H and O–H groups in total. The van der Waals surface area contributed by atoms with Gasteiger partial charge in [-0.2, -0.15) is 10.1 Å². The van der Waals surface area contributed by atoms with E-state index in [1.165, 1.54) is 0 Å². The molecule has 0 aliphatic carbocycles. The van der Waals surface area contributed by atoms with Crippen LogP contribution >= 0.6 is 0 Å². The summed E-state index contributed by atoms with van der Waals surface area (Å²) in [6, 6.07) is 3.28.